The molecule has 0 atom stereocenters. The van der Waals surface area contributed by atoms with Crippen LogP contribution in [0.5, 0.6) is 5.75 Å². The van der Waals surface area contributed by atoms with Gasteiger partial charge in [0.15, 0.2) is 4.34 Å². The third-order valence-corrected chi connectivity index (χ3v) is 5.47. The minimum atomic E-state index is -0.114. The van der Waals surface area contributed by atoms with Gasteiger partial charge in [-0.15, -0.1) is 11.3 Å². The summed E-state index contributed by atoms with van der Waals surface area (Å²) >= 11 is 2.81. The number of nitrogens with zero attached hydrogens (tertiary/aromatic N) is 1. The van der Waals surface area contributed by atoms with Crippen LogP contribution in [-0.4, -0.2) is 36.2 Å². The van der Waals surface area contributed by atoms with Crippen LogP contribution in [0.15, 0.2) is 34.0 Å². The Morgan fingerprint density at radius 2 is 2.15 bits per heavy atom. The fourth-order valence-electron chi connectivity index (χ4n) is 2.09. The van der Waals surface area contributed by atoms with E-state index in [4.69, 9.17) is 4.74 Å². The van der Waals surface area contributed by atoms with E-state index in [1.807, 2.05) is 23.6 Å². The number of rotatable bonds is 10. The van der Waals surface area contributed by atoms with Crippen molar-refractivity contribution < 1.29 is 14.3 Å². The van der Waals surface area contributed by atoms with Crippen LogP contribution in [0.4, 0.5) is 5.69 Å². The molecule has 0 saturated carbocycles. The topological polar surface area (TPSA) is 80.3 Å². The first-order valence-electron chi connectivity index (χ1n) is 8.38. The smallest absolute Gasteiger partial charge is 0.234 e. The molecule has 0 spiro atoms. The van der Waals surface area contributed by atoms with Crippen molar-refractivity contribution in [2.45, 2.75) is 30.5 Å². The van der Waals surface area contributed by atoms with Crippen molar-refractivity contribution in [1.29, 1.82) is 0 Å². The third kappa shape index (κ3) is 7.05. The lowest BCUT2D eigenvalue weighted by molar-refractivity contribution is -0.120. The summed E-state index contributed by atoms with van der Waals surface area (Å²) in [5, 5.41) is 7.56. The number of unbranched alkanes of at least 4 members (excludes halogenated alkanes) is 1. The first-order chi connectivity index (χ1) is 12.6. The van der Waals surface area contributed by atoms with Gasteiger partial charge in [0.25, 0.3) is 0 Å². The highest BCUT2D eigenvalue weighted by atomic mass is 32.2. The van der Waals surface area contributed by atoms with E-state index in [-0.39, 0.29) is 24.0 Å². The van der Waals surface area contributed by atoms with Crippen LogP contribution in [0.3, 0.4) is 0 Å². The highest BCUT2D eigenvalue weighted by Gasteiger charge is 2.10. The van der Waals surface area contributed by atoms with Crippen molar-refractivity contribution >= 4 is 40.6 Å². The van der Waals surface area contributed by atoms with Crippen LogP contribution in [0, 0.1) is 0 Å². The zero-order valence-electron chi connectivity index (χ0n) is 14.9. The molecule has 0 bridgehead atoms. The fraction of sp³-hybridized carbons (Fsp3) is 0.389. The molecule has 0 unspecified atom stereocenters. The predicted molar refractivity (Wildman–Crippen MR) is 106 cm³/mol. The average molecular weight is 394 g/mol. The maximum Gasteiger partial charge on any atom is 0.234 e. The number of thiazole rings is 1. The van der Waals surface area contributed by atoms with Gasteiger partial charge in [0, 0.05) is 23.7 Å². The SMILES string of the molecule is CCCCNC(=O)Cc1csc(SCC(=O)Nc2cccc(OC)c2)n1. The lowest BCUT2D eigenvalue weighted by Gasteiger charge is -2.06. The van der Waals surface area contributed by atoms with E-state index in [1.165, 1.54) is 23.1 Å². The van der Waals surface area contributed by atoms with Gasteiger partial charge < -0.3 is 15.4 Å². The van der Waals surface area contributed by atoms with Crippen molar-refractivity contribution in [2.75, 3.05) is 24.7 Å². The molecular formula is C18H23N3O3S2. The summed E-state index contributed by atoms with van der Waals surface area (Å²) in [6, 6.07) is 7.21. The number of thioether (sulfide) groups is 1. The zero-order valence-corrected chi connectivity index (χ0v) is 16.5. The Hall–Kier alpha value is -2.06. The molecule has 0 aliphatic carbocycles. The molecule has 0 radical (unpaired) electrons. The van der Waals surface area contributed by atoms with Gasteiger partial charge >= 0.3 is 0 Å². The number of amides is 2. The number of benzene rings is 1. The van der Waals surface area contributed by atoms with E-state index in [9.17, 15) is 9.59 Å². The molecule has 2 rings (SSSR count). The van der Waals surface area contributed by atoms with Gasteiger partial charge in [-0.25, -0.2) is 4.98 Å². The van der Waals surface area contributed by atoms with Gasteiger partial charge in [-0.05, 0) is 18.6 Å². The molecule has 8 heteroatoms. The standard InChI is InChI=1S/C18H23N3O3S2/c1-3-4-8-19-16(22)10-14-11-25-18(21-14)26-12-17(23)20-13-6-5-7-15(9-13)24-2/h5-7,9,11H,3-4,8,10,12H2,1-2H3,(H,19,22)(H,20,23). The first-order valence-corrected chi connectivity index (χ1v) is 10.2. The summed E-state index contributed by atoms with van der Waals surface area (Å²) < 4.78 is 5.91. The second-order valence-corrected chi connectivity index (χ2v) is 7.63. The first kappa shape index (κ1) is 20.3. The van der Waals surface area contributed by atoms with Gasteiger partial charge in [0.2, 0.25) is 11.8 Å². The van der Waals surface area contributed by atoms with Crippen molar-refractivity contribution in [2.24, 2.45) is 0 Å². The third-order valence-electron chi connectivity index (χ3n) is 3.41. The molecule has 0 aliphatic heterocycles. The van der Waals surface area contributed by atoms with Gasteiger partial charge in [0.05, 0.1) is 25.0 Å². The molecule has 1 aromatic heterocycles. The minimum Gasteiger partial charge on any atom is -0.497 e. The molecule has 0 saturated heterocycles. The Bertz CT molecular complexity index is 734. The molecule has 0 aliphatic rings. The average Bonchev–Trinajstić information content (AvgIpc) is 3.07. The number of anilines is 1. The van der Waals surface area contributed by atoms with Gasteiger partial charge in [0.1, 0.15) is 5.75 Å². The molecule has 6 nitrogen and oxygen atoms in total. The molecule has 140 valence electrons. The molecule has 1 heterocycles. The minimum absolute atomic E-state index is 0.0175. The van der Waals surface area contributed by atoms with E-state index in [2.05, 4.69) is 22.5 Å². The van der Waals surface area contributed by atoms with E-state index >= 15 is 0 Å². The van der Waals surface area contributed by atoms with E-state index < -0.39 is 0 Å². The monoisotopic (exact) mass is 393 g/mol. The summed E-state index contributed by atoms with van der Waals surface area (Å²) in [6.45, 7) is 2.78. The molecular weight excluding hydrogens is 370 g/mol. The summed E-state index contributed by atoms with van der Waals surface area (Å²) in [5.41, 5.74) is 1.43. The maximum atomic E-state index is 12.1. The van der Waals surface area contributed by atoms with Gasteiger partial charge in [-0.3, -0.25) is 9.59 Å². The van der Waals surface area contributed by atoms with Crippen LogP contribution in [0.1, 0.15) is 25.5 Å². The molecule has 2 aromatic rings. The number of carbonyl (C=O) groups excluding carboxylic acids is 2. The van der Waals surface area contributed by atoms with Crippen LogP contribution >= 0.6 is 23.1 Å². The molecule has 1 aromatic carbocycles. The number of aromatic nitrogens is 1. The second-order valence-electron chi connectivity index (χ2n) is 5.55. The van der Waals surface area contributed by atoms with Crippen molar-refractivity contribution in [1.82, 2.24) is 10.3 Å². The van der Waals surface area contributed by atoms with E-state index in [0.717, 1.165) is 22.9 Å². The largest absolute Gasteiger partial charge is 0.497 e. The number of hydrogen-bond donors (Lipinski definition) is 2. The zero-order chi connectivity index (χ0) is 18.8. The van der Waals surface area contributed by atoms with Crippen LogP contribution in [0.25, 0.3) is 0 Å². The summed E-state index contributed by atoms with van der Waals surface area (Å²) in [7, 11) is 1.58. The van der Waals surface area contributed by atoms with E-state index in [0.29, 0.717) is 18.0 Å². The lowest BCUT2D eigenvalue weighted by Crippen LogP contribution is -2.26. The van der Waals surface area contributed by atoms with Crippen LogP contribution < -0.4 is 15.4 Å². The number of carbonyl (C=O) groups is 2. The Balaban J connectivity index is 1.76. The maximum absolute atomic E-state index is 12.1. The van der Waals surface area contributed by atoms with Gasteiger partial charge in [-0.1, -0.05) is 31.2 Å². The number of ether oxygens (including phenoxy) is 1. The molecule has 0 fully saturated rings. The number of hydrogen-bond acceptors (Lipinski definition) is 6. The van der Waals surface area contributed by atoms with Gasteiger partial charge in [-0.2, -0.15) is 0 Å². The quantitative estimate of drug-likeness (QED) is 0.478. The highest BCUT2D eigenvalue weighted by Crippen LogP contribution is 2.23. The van der Waals surface area contributed by atoms with Crippen LogP contribution in [-0.2, 0) is 16.0 Å². The molecule has 2 N–H and O–H groups in total. The van der Waals surface area contributed by atoms with Crippen LogP contribution in [0.2, 0.25) is 0 Å². The normalized spacial score (nSPS) is 10.4. The summed E-state index contributed by atoms with van der Waals surface area (Å²) in [6.07, 6.45) is 2.30. The lowest BCUT2D eigenvalue weighted by atomic mass is 10.3. The second kappa shape index (κ2) is 10.8. The van der Waals surface area contributed by atoms with E-state index in [1.54, 1.807) is 13.2 Å². The van der Waals surface area contributed by atoms with Crippen molar-refractivity contribution in [3.8, 4) is 5.75 Å². The number of nitrogens with one attached hydrogen (secondary N) is 2. The molecule has 2 amide bonds. The highest BCUT2D eigenvalue weighted by molar-refractivity contribution is 8.01. The Morgan fingerprint density at radius 3 is 2.92 bits per heavy atom. The molecule has 26 heavy (non-hydrogen) atoms. The Morgan fingerprint density at radius 1 is 1.31 bits per heavy atom. The summed E-state index contributed by atoms with van der Waals surface area (Å²) in [4.78, 5) is 28.3. The Labute approximate surface area is 161 Å². The van der Waals surface area contributed by atoms with Crippen molar-refractivity contribution in [3.63, 3.8) is 0 Å². The van der Waals surface area contributed by atoms with Crippen molar-refractivity contribution in [3.05, 3.63) is 35.3 Å². The predicted octanol–water partition coefficient (Wildman–Crippen LogP) is 3.34. The number of methoxy groups -OCH3 is 1. The Kier molecular flexibility index (Phi) is 8.43. The summed E-state index contributed by atoms with van der Waals surface area (Å²) in [5.74, 6) is 0.818. The fourth-order valence-corrected chi connectivity index (χ4v) is 3.74.